The zero-order valence-corrected chi connectivity index (χ0v) is 16.3. The molecule has 0 aliphatic rings. The van der Waals surface area contributed by atoms with Crippen molar-refractivity contribution in [3.8, 4) is 0 Å². The normalized spacial score (nSPS) is 10.6. The van der Waals surface area contributed by atoms with Gasteiger partial charge in [-0.15, -0.1) is 0 Å². The smallest absolute Gasteiger partial charge is 0.407 e. The molecule has 0 unspecified atom stereocenters. The highest BCUT2D eigenvalue weighted by molar-refractivity contribution is 5.68. The third-order valence-electron chi connectivity index (χ3n) is 4.12. The van der Waals surface area contributed by atoms with Crippen LogP contribution in [0, 0.1) is 0 Å². The first kappa shape index (κ1) is 21.2. The quantitative estimate of drug-likeness (QED) is 0.694. The van der Waals surface area contributed by atoms with Crippen LogP contribution in [0.3, 0.4) is 0 Å². The van der Waals surface area contributed by atoms with Gasteiger partial charge in [-0.1, -0.05) is 60.7 Å². The SMILES string of the molecule is CN(C)C(CNC(=O)OCc1ccccc1)CNC(=O)OCc1ccccc1. The van der Waals surface area contributed by atoms with Crippen molar-refractivity contribution in [1.29, 1.82) is 0 Å². The van der Waals surface area contributed by atoms with E-state index in [0.29, 0.717) is 13.1 Å². The van der Waals surface area contributed by atoms with E-state index in [-0.39, 0.29) is 19.3 Å². The van der Waals surface area contributed by atoms with Crippen molar-refractivity contribution in [2.75, 3.05) is 27.2 Å². The molecule has 2 aromatic carbocycles. The minimum absolute atomic E-state index is 0.103. The van der Waals surface area contributed by atoms with E-state index >= 15 is 0 Å². The summed E-state index contributed by atoms with van der Waals surface area (Å²) >= 11 is 0. The Balaban J connectivity index is 1.67. The Kier molecular flexibility index (Phi) is 8.81. The zero-order chi connectivity index (χ0) is 20.2. The van der Waals surface area contributed by atoms with Crippen molar-refractivity contribution >= 4 is 12.2 Å². The molecule has 7 nitrogen and oxygen atoms in total. The number of rotatable bonds is 9. The van der Waals surface area contributed by atoms with Crippen LogP contribution in [-0.4, -0.2) is 50.3 Å². The van der Waals surface area contributed by atoms with E-state index in [1.54, 1.807) is 0 Å². The Morgan fingerprint density at radius 2 is 1.18 bits per heavy atom. The van der Waals surface area contributed by atoms with Crippen LogP contribution in [0.15, 0.2) is 60.7 Å². The second-order valence-corrected chi connectivity index (χ2v) is 6.50. The molecule has 0 saturated carbocycles. The van der Waals surface area contributed by atoms with Gasteiger partial charge in [-0.05, 0) is 25.2 Å². The summed E-state index contributed by atoms with van der Waals surface area (Å²) < 4.78 is 10.4. The molecule has 0 heterocycles. The Morgan fingerprint density at radius 1 is 0.786 bits per heavy atom. The maximum Gasteiger partial charge on any atom is 0.407 e. The highest BCUT2D eigenvalue weighted by Gasteiger charge is 2.15. The molecular weight excluding hydrogens is 358 g/mol. The molecule has 0 atom stereocenters. The third-order valence-corrected chi connectivity index (χ3v) is 4.12. The summed E-state index contributed by atoms with van der Waals surface area (Å²) in [6.45, 7) is 1.09. The van der Waals surface area contributed by atoms with Crippen LogP contribution in [-0.2, 0) is 22.7 Å². The minimum atomic E-state index is -0.498. The maximum absolute atomic E-state index is 11.9. The molecule has 2 amide bonds. The van der Waals surface area contributed by atoms with Crippen LogP contribution in [0.4, 0.5) is 9.59 Å². The summed E-state index contributed by atoms with van der Waals surface area (Å²) in [5.74, 6) is 0. The molecule has 2 rings (SSSR count). The Labute approximate surface area is 165 Å². The van der Waals surface area contributed by atoms with Gasteiger partial charge in [-0.25, -0.2) is 9.59 Å². The fraction of sp³-hybridized carbons (Fsp3) is 0.333. The van der Waals surface area contributed by atoms with Crippen LogP contribution < -0.4 is 10.6 Å². The number of nitrogens with zero attached hydrogens (tertiary/aromatic N) is 1. The van der Waals surface area contributed by atoms with Gasteiger partial charge in [0.1, 0.15) is 13.2 Å². The molecule has 0 radical (unpaired) electrons. The molecule has 0 fully saturated rings. The van der Waals surface area contributed by atoms with Crippen molar-refractivity contribution in [3.63, 3.8) is 0 Å². The van der Waals surface area contributed by atoms with Crippen molar-refractivity contribution in [1.82, 2.24) is 15.5 Å². The molecule has 2 N–H and O–H groups in total. The molecule has 0 spiro atoms. The van der Waals surface area contributed by atoms with Crippen LogP contribution in [0.2, 0.25) is 0 Å². The molecular formula is C21H27N3O4. The summed E-state index contributed by atoms with van der Waals surface area (Å²) in [7, 11) is 3.75. The lowest BCUT2D eigenvalue weighted by molar-refractivity contribution is 0.131. The van der Waals surface area contributed by atoms with E-state index < -0.39 is 12.2 Å². The number of carbonyl (C=O) groups is 2. The Hall–Kier alpha value is -3.06. The van der Waals surface area contributed by atoms with E-state index in [9.17, 15) is 9.59 Å². The first-order valence-corrected chi connectivity index (χ1v) is 9.10. The standard InChI is InChI=1S/C21H27N3O4/c1-24(2)19(13-22-20(25)27-15-17-9-5-3-6-10-17)14-23-21(26)28-16-18-11-7-4-8-12-18/h3-12,19H,13-16H2,1-2H3,(H,22,25)(H,23,26). The number of hydrogen-bond donors (Lipinski definition) is 2. The number of amides is 2. The van der Waals surface area contributed by atoms with E-state index in [4.69, 9.17) is 9.47 Å². The van der Waals surface area contributed by atoms with E-state index in [1.807, 2.05) is 79.7 Å². The topological polar surface area (TPSA) is 79.9 Å². The van der Waals surface area contributed by atoms with Gasteiger partial charge >= 0.3 is 12.2 Å². The molecule has 0 aromatic heterocycles. The van der Waals surface area contributed by atoms with Crippen molar-refractivity contribution < 1.29 is 19.1 Å². The van der Waals surface area contributed by atoms with Crippen molar-refractivity contribution in [3.05, 3.63) is 71.8 Å². The number of carbonyl (C=O) groups excluding carboxylic acids is 2. The molecule has 0 aliphatic heterocycles. The van der Waals surface area contributed by atoms with Gasteiger partial charge in [-0.2, -0.15) is 0 Å². The molecule has 150 valence electrons. The first-order valence-electron chi connectivity index (χ1n) is 9.10. The summed E-state index contributed by atoms with van der Waals surface area (Å²) in [6.07, 6.45) is -0.996. The van der Waals surface area contributed by atoms with E-state index in [0.717, 1.165) is 11.1 Å². The second-order valence-electron chi connectivity index (χ2n) is 6.50. The fourth-order valence-electron chi connectivity index (χ4n) is 2.39. The fourth-order valence-corrected chi connectivity index (χ4v) is 2.39. The second kappa shape index (κ2) is 11.6. The highest BCUT2D eigenvalue weighted by atomic mass is 16.6. The van der Waals surface area contributed by atoms with Crippen LogP contribution in [0.1, 0.15) is 11.1 Å². The number of ether oxygens (including phenoxy) is 2. The van der Waals surface area contributed by atoms with Gasteiger partial charge in [0.15, 0.2) is 0 Å². The van der Waals surface area contributed by atoms with Crippen molar-refractivity contribution in [2.45, 2.75) is 19.3 Å². The summed E-state index contributed by atoms with van der Waals surface area (Å²) in [4.78, 5) is 25.7. The van der Waals surface area contributed by atoms with Gasteiger partial charge < -0.3 is 25.0 Å². The zero-order valence-electron chi connectivity index (χ0n) is 16.3. The molecule has 0 bridgehead atoms. The van der Waals surface area contributed by atoms with Crippen LogP contribution in [0.25, 0.3) is 0 Å². The molecule has 2 aromatic rings. The van der Waals surface area contributed by atoms with Crippen LogP contribution in [0.5, 0.6) is 0 Å². The average molecular weight is 385 g/mol. The highest BCUT2D eigenvalue weighted by Crippen LogP contribution is 2.02. The number of hydrogen-bond acceptors (Lipinski definition) is 5. The maximum atomic E-state index is 11.9. The van der Waals surface area contributed by atoms with Crippen molar-refractivity contribution in [2.24, 2.45) is 0 Å². The number of alkyl carbamates (subject to hydrolysis) is 2. The molecule has 0 saturated heterocycles. The predicted octanol–water partition coefficient (Wildman–Crippen LogP) is 2.77. The summed E-state index contributed by atoms with van der Waals surface area (Å²) in [5.41, 5.74) is 1.84. The largest absolute Gasteiger partial charge is 0.445 e. The van der Waals surface area contributed by atoms with Gasteiger partial charge in [0.2, 0.25) is 0 Å². The lowest BCUT2D eigenvalue weighted by Crippen LogP contribution is -2.47. The third kappa shape index (κ3) is 8.09. The minimum Gasteiger partial charge on any atom is -0.445 e. The average Bonchev–Trinajstić information content (AvgIpc) is 2.72. The van der Waals surface area contributed by atoms with E-state index in [2.05, 4.69) is 10.6 Å². The number of benzene rings is 2. The predicted molar refractivity (Wildman–Crippen MR) is 107 cm³/mol. The van der Waals surface area contributed by atoms with Gasteiger partial charge in [0.05, 0.1) is 0 Å². The molecule has 7 heteroatoms. The van der Waals surface area contributed by atoms with Gasteiger partial charge in [0.25, 0.3) is 0 Å². The molecule has 28 heavy (non-hydrogen) atoms. The molecule has 0 aliphatic carbocycles. The summed E-state index contributed by atoms with van der Waals surface area (Å²) in [5, 5.41) is 5.44. The Bertz CT molecular complexity index is 663. The summed E-state index contributed by atoms with van der Waals surface area (Å²) in [6, 6.07) is 18.8. The van der Waals surface area contributed by atoms with Gasteiger partial charge in [-0.3, -0.25) is 0 Å². The number of likely N-dealkylation sites (N-methyl/N-ethyl adjacent to an activating group) is 1. The van der Waals surface area contributed by atoms with Crippen LogP contribution >= 0.6 is 0 Å². The first-order chi connectivity index (χ1) is 13.5. The lowest BCUT2D eigenvalue weighted by atomic mass is 10.2. The van der Waals surface area contributed by atoms with E-state index in [1.165, 1.54) is 0 Å². The Morgan fingerprint density at radius 3 is 1.54 bits per heavy atom. The van der Waals surface area contributed by atoms with Gasteiger partial charge in [0, 0.05) is 19.1 Å². The number of nitrogens with one attached hydrogen (secondary N) is 2. The monoisotopic (exact) mass is 385 g/mol. The lowest BCUT2D eigenvalue weighted by Gasteiger charge is -2.24.